The number of fused-ring (bicyclic) bond motifs is 1. The molecule has 0 fully saturated rings. The molecule has 0 N–H and O–H groups in total. The third-order valence-electron chi connectivity index (χ3n) is 3.06. The van der Waals surface area contributed by atoms with Crippen LogP contribution in [0.1, 0.15) is 10.4 Å². The minimum atomic E-state index is 0.674. The Morgan fingerprint density at radius 2 is 1.55 bits per heavy atom. The molecule has 20 heavy (non-hydrogen) atoms. The van der Waals surface area contributed by atoms with Crippen molar-refractivity contribution in [1.29, 1.82) is 0 Å². The molecule has 0 unspecified atom stereocenters. The minimum Gasteiger partial charge on any atom is -0.298 e. The fourth-order valence-corrected chi connectivity index (χ4v) is 3.56. The van der Waals surface area contributed by atoms with Crippen molar-refractivity contribution in [2.45, 2.75) is 9.79 Å². The van der Waals surface area contributed by atoms with Gasteiger partial charge in [-0.05, 0) is 41.1 Å². The van der Waals surface area contributed by atoms with E-state index in [1.165, 1.54) is 15.7 Å². The third-order valence-corrected chi connectivity index (χ3v) is 4.72. The van der Waals surface area contributed by atoms with Gasteiger partial charge in [-0.2, -0.15) is 0 Å². The Bertz CT molecular complexity index is 783. The van der Waals surface area contributed by atoms with E-state index in [0.29, 0.717) is 5.56 Å². The van der Waals surface area contributed by atoms with Crippen LogP contribution in [0.5, 0.6) is 0 Å². The summed E-state index contributed by atoms with van der Waals surface area (Å²) in [5, 5.41) is 2.48. The summed E-state index contributed by atoms with van der Waals surface area (Å²) >= 11 is 5.11. The van der Waals surface area contributed by atoms with E-state index < -0.39 is 0 Å². The summed E-state index contributed by atoms with van der Waals surface area (Å²) in [6.45, 7) is 0. The van der Waals surface area contributed by atoms with Gasteiger partial charge in [-0.25, -0.2) is 0 Å². The summed E-state index contributed by atoms with van der Waals surface area (Å²) in [4.78, 5) is 13.1. The van der Waals surface area contributed by atoms with Crippen molar-refractivity contribution in [3.8, 4) is 0 Å². The van der Waals surface area contributed by atoms with Crippen LogP contribution < -0.4 is 0 Å². The highest BCUT2D eigenvalue weighted by Crippen LogP contribution is 2.32. The lowest BCUT2D eigenvalue weighted by Gasteiger charge is -2.05. The molecule has 0 aliphatic carbocycles. The second-order valence-electron chi connectivity index (χ2n) is 4.41. The first-order chi connectivity index (χ1) is 9.76. The molecule has 0 aliphatic heterocycles. The van der Waals surface area contributed by atoms with Crippen molar-refractivity contribution in [3.63, 3.8) is 0 Å². The van der Waals surface area contributed by atoms with Crippen LogP contribution in [0.3, 0.4) is 0 Å². The molecule has 3 rings (SSSR count). The van der Waals surface area contributed by atoms with Gasteiger partial charge in [0.1, 0.15) is 0 Å². The van der Waals surface area contributed by atoms with Crippen molar-refractivity contribution in [3.05, 3.63) is 70.7 Å². The van der Waals surface area contributed by atoms with Gasteiger partial charge in [0.05, 0.1) is 0 Å². The van der Waals surface area contributed by atoms with Crippen molar-refractivity contribution >= 4 is 44.8 Å². The molecular formula is C17H11BrOS. The zero-order valence-corrected chi connectivity index (χ0v) is 12.9. The maximum absolute atomic E-state index is 10.8. The number of benzene rings is 3. The van der Waals surface area contributed by atoms with Gasteiger partial charge in [-0.15, -0.1) is 0 Å². The van der Waals surface area contributed by atoms with Gasteiger partial charge >= 0.3 is 0 Å². The van der Waals surface area contributed by atoms with Gasteiger partial charge in [-0.1, -0.05) is 58.0 Å². The van der Waals surface area contributed by atoms with E-state index >= 15 is 0 Å². The highest BCUT2D eigenvalue weighted by atomic mass is 79.9. The Kier molecular flexibility index (Phi) is 3.90. The molecule has 0 saturated carbocycles. The van der Waals surface area contributed by atoms with Crippen molar-refractivity contribution in [2.24, 2.45) is 0 Å². The highest BCUT2D eigenvalue weighted by molar-refractivity contribution is 9.10. The fourth-order valence-electron chi connectivity index (χ4n) is 2.03. The van der Waals surface area contributed by atoms with Crippen LogP contribution in [0, 0.1) is 0 Å². The van der Waals surface area contributed by atoms with Gasteiger partial charge in [-0.3, -0.25) is 4.79 Å². The van der Waals surface area contributed by atoms with Crippen LogP contribution in [-0.4, -0.2) is 6.29 Å². The van der Waals surface area contributed by atoms with Crippen LogP contribution in [0.25, 0.3) is 10.8 Å². The van der Waals surface area contributed by atoms with Gasteiger partial charge < -0.3 is 0 Å². The Hall–Kier alpha value is -1.58. The molecule has 0 aliphatic rings. The number of rotatable bonds is 3. The smallest absolute Gasteiger partial charge is 0.151 e. The number of hydrogen-bond acceptors (Lipinski definition) is 2. The topological polar surface area (TPSA) is 17.1 Å². The summed E-state index contributed by atoms with van der Waals surface area (Å²) in [7, 11) is 0. The van der Waals surface area contributed by atoms with Crippen LogP contribution in [-0.2, 0) is 0 Å². The van der Waals surface area contributed by atoms with E-state index in [1.54, 1.807) is 11.8 Å². The van der Waals surface area contributed by atoms with Crippen molar-refractivity contribution in [1.82, 2.24) is 0 Å². The van der Waals surface area contributed by atoms with E-state index in [-0.39, 0.29) is 0 Å². The van der Waals surface area contributed by atoms with E-state index in [1.807, 2.05) is 30.3 Å². The molecular weight excluding hydrogens is 332 g/mol. The van der Waals surface area contributed by atoms with Crippen LogP contribution in [0.4, 0.5) is 0 Å². The lowest BCUT2D eigenvalue weighted by Crippen LogP contribution is -1.83. The fraction of sp³-hybridized carbons (Fsp3) is 0. The normalized spacial score (nSPS) is 10.7. The Balaban J connectivity index is 1.92. The van der Waals surface area contributed by atoms with Crippen LogP contribution >= 0.6 is 27.7 Å². The molecule has 3 heteroatoms. The van der Waals surface area contributed by atoms with Crippen molar-refractivity contribution < 1.29 is 4.79 Å². The maximum Gasteiger partial charge on any atom is 0.151 e. The van der Waals surface area contributed by atoms with E-state index in [4.69, 9.17) is 0 Å². The molecule has 1 nitrogen and oxygen atoms in total. The van der Waals surface area contributed by atoms with Gasteiger partial charge in [0, 0.05) is 19.8 Å². The number of halogens is 1. The average Bonchev–Trinajstić information content (AvgIpc) is 2.47. The molecule has 3 aromatic carbocycles. The van der Waals surface area contributed by atoms with Gasteiger partial charge in [0.25, 0.3) is 0 Å². The lowest BCUT2D eigenvalue weighted by molar-refractivity contribution is 0.112. The average molecular weight is 343 g/mol. The zero-order valence-electron chi connectivity index (χ0n) is 10.5. The van der Waals surface area contributed by atoms with E-state index in [0.717, 1.165) is 15.7 Å². The molecule has 0 saturated heterocycles. The summed E-state index contributed by atoms with van der Waals surface area (Å²) < 4.78 is 0.832. The summed E-state index contributed by atoms with van der Waals surface area (Å²) in [5.41, 5.74) is 0.674. The summed E-state index contributed by atoms with van der Waals surface area (Å²) in [6, 6.07) is 20.5. The van der Waals surface area contributed by atoms with E-state index in [2.05, 4.69) is 46.3 Å². The van der Waals surface area contributed by atoms with Crippen LogP contribution in [0.2, 0.25) is 0 Å². The summed E-state index contributed by atoms with van der Waals surface area (Å²) in [6.07, 6.45) is 0.856. The number of carbonyl (C=O) groups is 1. The zero-order chi connectivity index (χ0) is 13.9. The SMILES string of the molecule is O=Cc1ccc(Sc2ccc3ccccc3c2)cc1Br. The molecule has 0 bridgehead atoms. The van der Waals surface area contributed by atoms with Crippen LogP contribution in [0.15, 0.2) is 74.9 Å². The molecule has 0 spiro atoms. The molecule has 0 radical (unpaired) electrons. The number of aldehydes is 1. The Labute approximate surface area is 130 Å². The summed E-state index contributed by atoms with van der Waals surface area (Å²) in [5.74, 6) is 0. The highest BCUT2D eigenvalue weighted by Gasteiger charge is 2.03. The standard InChI is InChI=1S/C17H11BrOS/c18-17-10-16(8-6-14(17)11-19)20-15-7-5-12-3-1-2-4-13(12)9-15/h1-11H. The number of carbonyl (C=O) groups excluding carboxylic acids is 1. The molecule has 0 heterocycles. The maximum atomic E-state index is 10.8. The first kappa shape index (κ1) is 13.4. The van der Waals surface area contributed by atoms with E-state index in [9.17, 15) is 4.79 Å². The molecule has 0 aromatic heterocycles. The largest absolute Gasteiger partial charge is 0.298 e. The third kappa shape index (κ3) is 2.79. The quantitative estimate of drug-likeness (QED) is 0.579. The first-order valence-corrected chi connectivity index (χ1v) is 7.78. The Morgan fingerprint density at radius 1 is 0.850 bits per heavy atom. The first-order valence-electron chi connectivity index (χ1n) is 6.18. The second-order valence-corrected chi connectivity index (χ2v) is 6.41. The molecule has 0 amide bonds. The predicted molar refractivity (Wildman–Crippen MR) is 87.6 cm³/mol. The molecule has 3 aromatic rings. The lowest BCUT2D eigenvalue weighted by atomic mass is 10.1. The Morgan fingerprint density at radius 3 is 2.30 bits per heavy atom. The monoisotopic (exact) mass is 342 g/mol. The van der Waals surface area contributed by atoms with Gasteiger partial charge in [0.2, 0.25) is 0 Å². The number of hydrogen-bond donors (Lipinski definition) is 0. The second kappa shape index (κ2) is 5.81. The molecule has 98 valence electrons. The van der Waals surface area contributed by atoms with Crippen molar-refractivity contribution in [2.75, 3.05) is 0 Å². The predicted octanol–water partition coefficient (Wildman–Crippen LogP) is 5.57. The minimum absolute atomic E-state index is 0.674. The van der Waals surface area contributed by atoms with Gasteiger partial charge in [0.15, 0.2) is 6.29 Å². The molecule has 0 atom stereocenters.